The Balaban J connectivity index is 1.35. The van der Waals surface area contributed by atoms with Crippen LogP contribution >= 0.6 is 0 Å². The Morgan fingerprint density at radius 1 is 0.939 bits per heavy atom. The average Bonchev–Trinajstić information content (AvgIpc) is 3.65. The molecule has 1 aliphatic rings. The number of fused-ring (bicyclic) bond motifs is 1. The summed E-state index contributed by atoms with van der Waals surface area (Å²) in [6.07, 6.45) is -4.08. The topological polar surface area (TPSA) is 179 Å². The van der Waals surface area contributed by atoms with Gasteiger partial charge in [-0.1, -0.05) is 54.6 Å². The SMILES string of the molecule is COc1ccc(C(c2ccccc2)(c2ccc(OC)cc2)C(COC[C@H]2O[C@@H](n3cnc4c(=O)[nH]c(N)nc43)C(O)C2O)ON(C)C)cc1. The van der Waals surface area contributed by atoms with Crippen molar-refractivity contribution in [3.63, 3.8) is 0 Å². The van der Waals surface area contributed by atoms with Crippen LogP contribution in [-0.2, 0) is 19.7 Å². The highest BCUT2D eigenvalue weighted by Gasteiger charge is 2.48. The summed E-state index contributed by atoms with van der Waals surface area (Å²) in [5.41, 5.74) is 7.22. The number of nitrogens with two attached hydrogens (primary N) is 1. The van der Waals surface area contributed by atoms with Crippen molar-refractivity contribution in [2.24, 2.45) is 0 Å². The van der Waals surface area contributed by atoms with Gasteiger partial charge in [0.1, 0.15) is 35.9 Å². The third-order valence-corrected chi connectivity index (χ3v) is 8.75. The number of anilines is 1. The van der Waals surface area contributed by atoms with Crippen molar-refractivity contribution >= 4 is 17.1 Å². The molecule has 5 atom stereocenters. The maximum Gasteiger partial charge on any atom is 0.280 e. The number of nitrogen functional groups attached to an aromatic ring is 1. The Hall–Kier alpha value is -4.83. The number of imidazole rings is 1. The lowest BCUT2D eigenvalue weighted by molar-refractivity contribution is -0.199. The van der Waals surface area contributed by atoms with E-state index in [1.54, 1.807) is 33.4 Å². The highest BCUT2D eigenvalue weighted by molar-refractivity contribution is 5.70. The number of aliphatic hydroxyl groups excluding tert-OH is 2. The number of hydrogen-bond donors (Lipinski definition) is 4. The molecule has 0 amide bonds. The number of aliphatic hydroxyl groups is 2. The van der Waals surface area contributed by atoms with E-state index in [0.717, 1.165) is 16.7 Å². The predicted octanol–water partition coefficient (Wildman–Crippen LogP) is 2.25. The zero-order valence-electron chi connectivity index (χ0n) is 27.6. The first-order valence-electron chi connectivity index (χ1n) is 15.7. The number of hydroxylamine groups is 2. The van der Waals surface area contributed by atoms with Crippen LogP contribution in [-0.4, -0.2) is 101 Å². The molecule has 3 unspecified atom stereocenters. The van der Waals surface area contributed by atoms with E-state index in [4.69, 9.17) is 29.5 Å². The van der Waals surface area contributed by atoms with Crippen molar-refractivity contribution in [2.75, 3.05) is 47.3 Å². The van der Waals surface area contributed by atoms with E-state index >= 15 is 0 Å². The number of nitrogens with zero attached hydrogens (tertiary/aromatic N) is 4. The Kier molecular flexibility index (Phi) is 9.96. The van der Waals surface area contributed by atoms with Crippen LogP contribution < -0.4 is 20.8 Å². The lowest BCUT2D eigenvalue weighted by Gasteiger charge is -2.43. The standard InChI is InChI=1S/C35H40N6O8/c1-40(2)49-27(19-47-18-26-29(42)30(43)33(48-26)41-20-37-28-31(41)38-34(36)39-32(28)44)35(21-8-6-5-7-9-21,22-10-14-24(45-3)15-11-22)23-12-16-25(46-4)17-13-23/h5-17,20,26-27,29-30,33,42-43H,18-19H2,1-4H3,(H3,36,38,39,44)/t26-,27?,29?,30?,33-/m1/s1. The average molecular weight is 673 g/mol. The second kappa shape index (κ2) is 14.3. The maximum absolute atomic E-state index is 12.3. The van der Waals surface area contributed by atoms with E-state index in [1.807, 2.05) is 78.9 Å². The molecule has 3 aromatic carbocycles. The predicted molar refractivity (Wildman–Crippen MR) is 180 cm³/mol. The Bertz CT molecular complexity index is 1850. The smallest absolute Gasteiger partial charge is 0.280 e. The van der Waals surface area contributed by atoms with Crippen molar-refractivity contribution in [2.45, 2.75) is 36.1 Å². The third kappa shape index (κ3) is 6.49. The van der Waals surface area contributed by atoms with Gasteiger partial charge in [0.15, 0.2) is 17.4 Å². The molecule has 1 fully saturated rings. The number of aromatic nitrogens is 4. The molecule has 5 N–H and O–H groups in total. The van der Waals surface area contributed by atoms with Crippen LogP contribution in [0.4, 0.5) is 5.95 Å². The van der Waals surface area contributed by atoms with E-state index in [2.05, 4.69) is 15.0 Å². The minimum Gasteiger partial charge on any atom is -0.497 e. The van der Waals surface area contributed by atoms with Gasteiger partial charge in [-0.3, -0.25) is 19.2 Å². The van der Waals surface area contributed by atoms with Crippen LogP contribution in [0.15, 0.2) is 90.0 Å². The van der Waals surface area contributed by atoms with Gasteiger partial charge >= 0.3 is 0 Å². The molecule has 14 heteroatoms. The number of methoxy groups -OCH3 is 2. The molecule has 14 nitrogen and oxygen atoms in total. The van der Waals surface area contributed by atoms with E-state index in [9.17, 15) is 15.0 Å². The second-order valence-corrected chi connectivity index (χ2v) is 11.9. The number of H-pyrrole nitrogens is 1. The molecule has 0 radical (unpaired) electrons. The van der Waals surface area contributed by atoms with E-state index in [0.29, 0.717) is 11.5 Å². The fraction of sp³-hybridized carbons (Fsp3) is 0.343. The molecule has 0 saturated carbocycles. The van der Waals surface area contributed by atoms with Crippen LogP contribution in [0.2, 0.25) is 0 Å². The molecule has 1 saturated heterocycles. The lowest BCUT2D eigenvalue weighted by Crippen LogP contribution is -2.48. The zero-order valence-corrected chi connectivity index (χ0v) is 27.6. The number of rotatable bonds is 13. The van der Waals surface area contributed by atoms with Gasteiger partial charge in [0, 0.05) is 14.1 Å². The van der Waals surface area contributed by atoms with Crippen LogP contribution in [0.1, 0.15) is 22.9 Å². The van der Waals surface area contributed by atoms with Gasteiger partial charge in [0.2, 0.25) is 5.95 Å². The van der Waals surface area contributed by atoms with Gasteiger partial charge in [-0.2, -0.15) is 10.0 Å². The fourth-order valence-corrected chi connectivity index (χ4v) is 6.47. The quantitative estimate of drug-likeness (QED) is 0.106. The highest BCUT2D eigenvalue weighted by atomic mass is 16.7. The number of ether oxygens (including phenoxy) is 4. The van der Waals surface area contributed by atoms with Gasteiger partial charge in [-0.15, -0.1) is 0 Å². The van der Waals surface area contributed by atoms with Crippen LogP contribution in [0, 0.1) is 0 Å². The largest absolute Gasteiger partial charge is 0.497 e. The van der Waals surface area contributed by atoms with Crippen molar-refractivity contribution in [1.82, 2.24) is 24.6 Å². The summed E-state index contributed by atoms with van der Waals surface area (Å²) in [4.78, 5) is 29.5. The summed E-state index contributed by atoms with van der Waals surface area (Å²) < 4.78 is 24.8. The van der Waals surface area contributed by atoms with Crippen LogP contribution in [0.3, 0.4) is 0 Å². The Morgan fingerprint density at radius 2 is 1.53 bits per heavy atom. The summed E-state index contributed by atoms with van der Waals surface area (Å²) in [6, 6.07) is 25.7. The van der Waals surface area contributed by atoms with Crippen molar-refractivity contribution in [3.05, 3.63) is 112 Å². The summed E-state index contributed by atoms with van der Waals surface area (Å²) in [5, 5.41) is 23.7. The normalized spacial score (nSPS) is 20.1. The minimum atomic E-state index is -1.37. The molecule has 1 aliphatic heterocycles. The first-order valence-corrected chi connectivity index (χ1v) is 15.7. The first kappa shape index (κ1) is 34.0. The summed E-state index contributed by atoms with van der Waals surface area (Å²) in [5.74, 6) is 1.29. The molecular weight excluding hydrogens is 632 g/mol. The number of hydrogen-bond acceptors (Lipinski definition) is 12. The Labute approximate surface area is 282 Å². The lowest BCUT2D eigenvalue weighted by atomic mass is 9.65. The fourth-order valence-electron chi connectivity index (χ4n) is 6.47. The highest BCUT2D eigenvalue weighted by Crippen LogP contribution is 2.45. The van der Waals surface area contributed by atoms with Crippen molar-refractivity contribution in [3.8, 4) is 11.5 Å². The van der Waals surface area contributed by atoms with Gasteiger partial charge in [0.25, 0.3) is 5.56 Å². The first-order chi connectivity index (χ1) is 23.7. The number of aromatic amines is 1. The molecule has 0 spiro atoms. The Morgan fingerprint density at radius 3 is 2.10 bits per heavy atom. The van der Waals surface area contributed by atoms with Crippen molar-refractivity contribution < 1.29 is 34.0 Å². The molecule has 258 valence electrons. The minimum absolute atomic E-state index is 0.0252. The molecule has 3 heterocycles. The molecule has 5 aromatic rings. The monoisotopic (exact) mass is 672 g/mol. The summed E-state index contributed by atoms with van der Waals surface area (Å²) >= 11 is 0. The molecule has 49 heavy (non-hydrogen) atoms. The van der Waals surface area contributed by atoms with Crippen LogP contribution in [0.25, 0.3) is 11.2 Å². The molecule has 6 rings (SSSR count). The van der Waals surface area contributed by atoms with Gasteiger partial charge < -0.3 is 34.9 Å². The van der Waals surface area contributed by atoms with Gasteiger partial charge in [-0.05, 0) is 41.0 Å². The van der Waals surface area contributed by atoms with Gasteiger partial charge in [0.05, 0.1) is 39.2 Å². The van der Waals surface area contributed by atoms with E-state index in [-0.39, 0.29) is 30.3 Å². The molecular formula is C35H40N6O8. The van der Waals surface area contributed by atoms with Gasteiger partial charge in [-0.25, -0.2) is 4.98 Å². The summed E-state index contributed by atoms with van der Waals surface area (Å²) in [6.45, 7) is -0.0547. The number of nitrogens with one attached hydrogen (secondary N) is 1. The van der Waals surface area contributed by atoms with Crippen molar-refractivity contribution in [1.29, 1.82) is 0 Å². The van der Waals surface area contributed by atoms with E-state index < -0.39 is 41.6 Å². The van der Waals surface area contributed by atoms with Crippen LogP contribution in [0.5, 0.6) is 11.5 Å². The molecule has 0 aliphatic carbocycles. The maximum atomic E-state index is 12.3. The third-order valence-electron chi connectivity index (χ3n) is 8.75. The second-order valence-electron chi connectivity index (χ2n) is 11.9. The summed E-state index contributed by atoms with van der Waals surface area (Å²) in [7, 11) is 6.85. The van der Waals surface area contributed by atoms with E-state index in [1.165, 1.54) is 10.9 Å². The molecule has 0 bridgehead atoms. The number of benzene rings is 3. The zero-order chi connectivity index (χ0) is 34.7. The molecule has 2 aromatic heterocycles.